The van der Waals surface area contributed by atoms with Gasteiger partial charge < -0.3 is 9.88 Å². The third kappa shape index (κ3) is 3.86. The first-order chi connectivity index (χ1) is 15.5. The fourth-order valence-corrected chi connectivity index (χ4v) is 5.09. The van der Waals surface area contributed by atoms with Crippen molar-refractivity contribution in [2.24, 2.45) is 0 Å². The number of fused-ring (bicyclic) bond motifs is 1. The maximum Gasteiger partial charge on any atom is 0.255 e. The lowest BCUT2D eigenvalue weighted by Crippen LogP contribution is -2.52. The molecule has 2 N–H and O–H groups in total. The summed E-state index contributed by atoms with van der Waals surface area (Å²) >= 11 is 0. The molecule has 32 heavy (non-hydrogen) atoms. The van der Waals surface area contributed by atoms with Crippen LogP contribution in [0.5, 0.6) is 0 Å². The Balaban J connectivity index is 1.24. The zero-order chi connectivity index (χ0) is 22.2. The number of pyridine rings is 1. The molecule has 8 nitrogen and oxygen atoms in total. The van der Waals surface area contributed by atoms with Gasteiger partial charge in [0.1, 0.15) is 6.04 Å². The molecule has 0 bridgehead atoms. The SMILES string of the molecule is O=C1CCC(N2Cc3cc(C4CCN(Cc5ccc[nH]c5=O)CC4)ccc3C2=O)C(=O)N1. The van der Waals surface area contributed by atoms with Crippen LogP contribution < -0.4 is 10.9 Å². The summed E-state index contributed by atoms with van der Waals surface area (Å²) < 4.78 is 0. The van der Waals surface area contributed by atoms with Gasteiger partial charge in [0.2, 0.25) is 11.8 Å². The van der Waals surface area contributed by atoms with Gasteiger partial charge >= 0.3 is 0 Å². The molecule has 2 aromatic rings. The monoisotopic (exact) mass is 434 g/mol. The Morgan fingerprint density at radius 2 is 1.81 bits per heavy atom. The smallest absolute Gasteiger partial charge is 0.255 e. The minimum atomic E-state index is -0.583. The molecule has 3 aliphatic heterocycles. The average molecular weight is 434 g/mol. The molecule has 3 aliphatic rings. The van der Waals surface area contributed by atoms with Gasteiger partial charge in [0.15, 0.2) is 0 Å². The van der Waals surface area contributed by atoms with Crippen LogP contribution in [-0.2, 0) is 22.7 Å². The van der Waals surface area contributed by atoms with Gasteiger partial charge in [0.25, 0.3) is 11.5 Å². The molecule has 1 atom stereocenters. The quantitative estimate of drug-likeness (QED) is 0.711. The van der Waals surface area contributed by atoms with Gasteiger partial charge in [-0.3, -0.25) is 29.4 Å². The van der Waals surface area contributed by atoms with E-state index in [2.05, 4.69) is 21.3 Å². The van der Waals surface area contributed by atoms with Gasteiger partial charge in [-0.25, -0.2) is 0 Å². The second-order valence-electron chi connectivity index (χ2n) is 8.89. The Morgan fingerprint density at radius 1 is 1.00 bits per heavy atom. The summed E-state index contributed by atoms with van der Waals surface area (Å²) in [6, 6.07) is 9.17. The van der Waals surface area contributed by atoms with Gasteiger partial charge in [0.05, 0.1) is 0 Å². The van der Waals surface area contributed by atoms with Crippen LogP contribution >= 0.6 is 0 Å². The van der Waals surface area contributed by atoms with E-state index in [-0.39, 0.29) is 29.7 Å². The molecular formula is C24H26N4O4. The lowest BCUT2D eigenvalue weighted by Gasteiger charge is -2.32. The highest BCUT2D eigenvalue weighted by molar-refractivity contribution is 6.05. The van der Waals surface area contributed by atoms with Crippen molar-refractivity contribution in [3.63, 3.8) is 0 Å². The van der Waals surface area contributed by atoms with Crippen molar-refractivity contribution in [2.75, 3.05) is 13.1 Å². The second-order valence-corrected chi connectivity index (χ2v) is 8.89. The number of nitrogens with zero attached hydrogens (tertiary/aromatic N) is 2. The number of amides is 3. The maximum absolute atomic E-state index is 12.9. The predicted molar refractivity (Wildman–Crippen MR) is 117 cm³/mol. The minimum Gasteiger partial charge on any atom is -0.329 e. The van der Waals surface area contributed by atoms with Crippen LogP contribution in [-0.4, -0.2) is 51.6 Å². The van der Waals surface area contributed by atoms with E-state index in [9.17, 15) is 19.2 Å². The molecule has 4 heterocycles. The first kappa shape index (κ1) is 20.6. The summed E-state index contributed by atoms with van der Waals surface area (Å²) in [6.07, 6.45) is 4.27. The minimum absolute atomic E-state index is 0.0292. The summed E-state index contributed by atoms with van der Waals surface area (Å²) in [5.41, 5.74) is 3.59. The van der Waals surface area contributed by atoms with Crippen LogP contribution in [0, 0.1) is 0 Å². The van der Waals surface area contributed by atoms with E-state index in [4.69, 9.17) is 0 Å². The number of rotatable bonds is 4. The number of carbonyl (C=O) groups is 3. The lowest BCUT2D eigenvalue weighted by molar-refractivity contribution is -0.136. The van der Waals surface area contributed by atoms with Crippen LogP contribution in [0.25, 0.3) is 0 Å². The molecule has 2 saturated heterocycles. The summed E-state index contributed by atoms with van der Waals surface area (Å²) in [5.74, 6) is -0.387. The first-order valence-electron chi connectivity index (χ1n) is 11.2. The molecule has 1 unspecified atom stereocenters. The third-order valence-corrected chi connectivity index (χ3v) is 6.90. The molecule has 2 fully saturated rings. The predicted octanol–water partition coefficient (Wildman–Crippen LogP) is 1.52. The lowest BCUT2D eigenvalue weighted by atomic mass is 9.88. The molecule has 8 heteroatoms. The first-order valence-corrected chi connectivity index (χ1v) is 11.2. The Labute approximate surface area is 185 Å². The molecule has 1 aromatic carbocycles. The molecule has 0 saturated carbocycles. The van der Waals surface area contributed by atoms with Crippen LogP contribution in [0.1, 0.15) is 58.6 Å². The fourth-order valence-electron chi connectivity index (χ4n) is 5.09. The van der Waals surface area contributed by atoms with Gasteiger partial charge in [-0.2, -0.15) is 0 Å². The summed E-state index contributed by atoms with van der Waals surface area (Å²) in [4.78, 5) is 55.1. The van der Waals surface area contributed by atoms with Crippen molar-refractivity contribution in [2.45, 2.75) is 50.7 Å². The molecule has 0 aliphatic carbocycles. The van der Waals surface area contributed by atoms with Crippen molar-refractivity contribution < 1.29 is 14.4 Å². The topological polar surface area (TPSA) is 103 Å². The van der Waals surface area contributed by atoms with E-state index in [1.54, 1.807) is 11.1 Å². The summed E-state index contributed by atoms with van der Waals surface area (Å²) in [7, 11) is 0. The van der Waals surface area contributed by atoms with Crippen LogP contribution in [0.3, 0.4) is 0 Å². The number of nitrogens with one attached hydrogen (secondary N) is 2. The number of aromatic amines is 1. The highest BCUT2D eigenvalue weighted by Gasteiger charge is 2.39. The van der Waals surface area contributed by atoms with Crippen LogP contribution in [0.4, 0.5) is 0 Å². The van der Waals surface area contributed by atoms with Gasteiger partial charge in [-0.05, 0) is 61.5 Å². The van der Waals surface area contributed by atoms with Crippen molar-refractivity contribution in [1.82, 2.24) is 20.1 Å². The van der Waals surface area contributed by atoms with Crippen molar-refractivity contribution in [1.29, 1.82) is 0 Å². The number of piperidine rings is 2. The standard InChI is InChI=1S/C24H26N4O4/c29-21-6-5-20(23(31)26-21)28-14-18-12-16(3-4-19(18)24(28)32)15-7-10-27(11-8-15)13-17-2-1-9-25-22(17)30/h1-4,9,12,15,20H,5-8,10-11,13-14H2,(H,25,30)(H,26,29,31). The number of imide groups is 1. The normalized spacial score (nSPS) is 22.2. The summed E-state index contributed by atoms with van der Waals surface area (Å²) in [5, 5.41) is 2.34. The Kier molecular flexibility index (Phi) is 5.38. The Morgan fingerprint density at radius 3 is 2.56 bits per heavy atom. The molecule has 5 rings (SSSR count). The number of hydrogen-bond donors (Lipinski definition) is 2. The van der Waals surface area contributed by atoms with Crippen LogP contribution in [0.15, 0.2) is 41.3 Å². The number of hydrogen-bond acceptors (Lipinski definition) is 5. The molecule has 0 spiro atoms. The fraction of sp³-hybridized carbons (Fsp3) is 0.417. The number of likely N-dealkylation sites (tertiary alicyclic amines) is 1. The van der Waals surface area contributed by atoms with Crippen LogP contribution in [0.2, 0.25) is 0 Å². The maximum atomic E-state index is 12.9. The molecule has 3 amide bonds. The average Bonchev–Trinajstić information content (AvgIpc) is 3.11. The van der Waals surface area contributed by atoms with Crippen molar-refractivity contribution in [3.05, 3.63) is 69.1 Å². The largest absolute Gasteiger partial charge is 0.329 e. The van der Waals surface area contributed by atoms with E-state index < -0.39 is 6.04 Å². The number of benzene rings is 1. The van der Waals surface area contributed by atoms with Gasteiger partial charge in [-0.15, -0.1) is 0 Å². The highest BCUT2D eigenvalue weighted by atomic mass is 16.2. The summed E-state index contributed by atoms with van der Waals surface area (Å²) in [6.45, 7) is 2.89. The van der Waals surface area contributed by atoms with Crippen molar-refractivity contribution >= 4 is 17.7 Å². The molecule has 1 aromatic heterocycles. The number of H-pyrrole nitrogens is 1. The molecule has 0 radical (unpaired) electrons. The van der Waals surface area contributed by atoms with E-state index in [1.165, 1.54) is 5.56 Å². The van der Waals surface area contributed by atoms with Gasteiger partial charge in [0, 0.05) is 36.8 Å². The Hall–Kier alpha value is -3.26. The Bertz CT molecular complexity index is 1130. The number of carbonyl (C=O) groups excluding carboxylic acids is 3. The third-order valence-electron chi connectivity index (χ3n) is 6.90. The van der Waals surface area contributed by atoms with Crippen molar-refractivity contribution in [3.8, 4) is 0 Å². The molecular weight excluding hydrogens is 408 g/mol. The zero-order valence-electron chi connectivity index (χ0n) is 17.8. The second kappa shape index (κ2) is 8.35. The number of aromatic nitrogens is 1. The van der Waals surface area contributed by atoms with E-state index in [0.717, 1.165) is 37.1 Å². The highest BCUT2D eigenvalue weighted by Crippen LogP contribution is 2.33. The molecule has 166 valence electrons. The van der Waals surface area contributed by atoms with E-state index in [1.807, 2.05) is 24.3 Å². The zero-order valence-corrected chi connectivity index (χ0v) is 17.8. The van der Waals surface area contributed by atoms with E-state index in [0.29, 0.717) is 31.0 Å². The van der Waals surface area contributed by atoms with E-state index >= 15 is 0 Å². The van der Waals surface area contributed by atoms with Gasteiger partial charge in [-0.1, -0.05) is 18.2 Å².